The van der Waals surface area contributed by atoms with Crippen LogP contribution in [-0.2, 0) is 9.53 Å². The molecule has 5 heteroatoms. The lowest BCUT2D eigenvalue weighted by atomic mass is 10.3. The van der Waals surface area contributed by atoms with Gasteiger partial charge >= 0.3 is 5.97 Å². The van der Waals surface area contributed by atoms with Crippen LogP contribution in [-0.4, -0.2) is 26.3 Å². The topological polar surface area (TPSA) is 44.8 Å². The van der Waals surface area contributed by atoms with Gasteiger partial charge in [-0.1, -0.05) is 18.3 Å². The molecule has 0 N–H and O–H groups in total. The molecule has 0 saturated carbocycles. The van der Waals surface area contributed by atoms with Crippen molar-refractivity contribution in [3.05, 3.63) is 60.7 Å². The van der Waals surface area contributed by atoms with Crippen molar-refractivity contribution in [1.82, 2.24) is 0 Å². The number of hydrogen-bond donors (Lipinski definition) is 0. The van der Waals surface area contributed by atoms with E-state index in [2.05, 4.69) is 6.58 Å². The molecule has 2 aromatic rings. The average molecular weight is 344 g/mol. The van der Waals surface area contributed by atoms with Gasteiger partial charge in [0.25, 0.3) is 0 Å². The van der Waals surface area contributed by atoms with Crippen LogP contribution in [0.1, 0.15) is 6.92 Å². The molecule has 0 spiro atoms. The van der Waals surface area contributed by atoms with Crippen molar-refractivity contribution in [3.8, 4) is 11.5 Å². The van der Waals surface area contributed by atoms with Crippen molar-refractivity contribution in [2.24, 2.45) is 0 Å². The van der Waals surface area contributed by atoms with E-state index in [9.17, 15) is 4.79 Å². The van der Waals surface area contributed by atoms with Crippen molar-refractivity contribution in [3.63, 3.8) is 0 Å². The van der Waals surface area contributed by atoms with Gasteiger partial charge in [0.05, 0.1) is 7.11 Å². The third kappa shape index (κ3) is 5.66. The second kappa shape index (κ2) is 9.03. The summed E-state index contributed by atoms with van der Waals surface area (Å²) in [5, 5.41) is 0. The van der Waals surface area contributed by atoms with Crippen LogP contribution < -0.4 is 9.47 Å². The molecular weight excluding hydrogens is 324 g/mol. The van der Waals surface area contributed by atoms with Crippen LogP contribution in [0, 0.1) is 0 Å². The first kappa shape index (κ1) is 17.9. The fourth-order valence-electron chi connectivity index (χ4n) is 1.80. The lowest BCUT2D eigenvalue weighted by Gasteiger charge is -2.08. The van der Waals surface area contributed by atoms with Gasteiger partial charge in [0, 0.05) is 15.4 Å². The molecule has 0 amide bonds. The zero-order valence-corrected chi connectivity index (χ0v) is 14.6. The maximum atomic E-state index is 11.2. The highest BCUT2D eigenvalue weighted by molar-refractivity contribution is 7.99. The second-order valence-corrected chi connectivity index (χ2v) is 6.16. The Kier molecular flexibility index (Phi) is 6.75. The number of carbonyl (C=O) groups is 1. The number of carbonyl (C=O) groups excluding carboxylic acids is 1. The van der Waals surface area contributed by atoms with Crippen LogP contribution in [0.4, 0.5) is 0 Å². The molecule has 2 aromatic carbocycles. The van der Waals surface area contributed by atoms with E-state index in [1.54, 1.807) is 25.8 Å². The first-order chi connectivity index (χ1) is 11.6. The maximum Gasteiger partial charge on any atom is 0.333 e. The third-order valence-electron chi connectivity index (χ3n) is 3.05. The summed E-state index contributed by atoms with van der Waals surface area (Å²) in [7, 11) is 1.65. The molecule has 0 aliphatic rings. The molecule has 126 valence electrons. The van der Waals surface area contributed by atoms with Gasteiger partial charge in [0.1, 0.15) is 24.7 Å². The molecule has 0 aromatic heterocycles. The molecular formula is C19H20O4S. The first-order valence-corrected chi connectivity index (χ1v) is 8.27. The highest BCUT2D eigenvalue weighted by Crippen LogP contribution is 2.30. The molecule has 0 bridgehead atoms. The van der Waals surface area contributed by atoms with Crippen LogP contribution in [0.5, 0.6) is 11.5 Å². The van der Waals surface area contributed by atoms with Crippen LogP contribution in [0.2, 0.25) is 0 Å². The average Bonchev–Trinajstić information content (AvgIpc) is 2.60. The van der Waals surface area contributed by atoms with Gasteiger partial charge in [0.2, 0.25) is 0 Å². The summed E-state index contributed by atoms with van der Waals surface area (Å²) in [4.78, 5) is 13.5. The summed E-state index contributed by atoms with van der Waals surface area (Å²) in [6.07, 6.45) is 0. The van der Waals surface area contributed by atoms with E-state index in [1.165, 1.54) is 0 Å². The zero-order valence-electron chi connectivity index (χ0n) is 13.8. The number of rotatable bonds is 8. The van der Waals surface area contributed by atoms with E-state index in [0.717, 1.165) is 21.3 Å². The summed E-state index contributed by atoms with van der Waals surface area (Å²) in [5.41, 5.74) is 0.384. The summed E-state index contributed by atoms with van der Waals surface area (Å²) < 4.78 is 15.7. The highest BCUT2D eigenvalue weighted by Gasteiger charge is 2.03. The Morgan fingerprint density at radius 2 is 1.50 bits per heavy atom. The third-order valence-corrected chi connectivity index (χ3v) is 4.07. The SMILES string of the molecule is C=C(C)C(=O)OCCOc1ccc(Sc2ccc(OC)cc2)cc1. The van der Waals surface area contributed by atoms with E-state index in [0.29, 0.717) is 12.2 Å². The minimum atomic E-state index is -0.398. The minimum absolute atomic E-state index is 0.202. The van der Waals surface area contributed by atoms with Gasteiger partial charge in [-0.15, -0.1) is 0 Å². The largest absolute Gasteiger partial charge is 0.497 e. The number of methoxy groups -OCH3 is 1. The standard InChI is InChI=1S/C19H20O4S/c1-14(2)19(20)23-13-12-22-16-6-10-18(11-7-16)24-17-8-4-15(21-3)5-9-17/h4-11H,1,12-13H2,2-3H3. The summed E-state index contributed by atoms with van der Waals surface area (Å²) in [5.74, 6) is 1.18. The van der Waals surface area contributed by atoms with Crippen LogP contribution >= 0.6 is 11.8 Å². The van der Waals surface area contributed by atoms with E-state index in [4.69, 9.17) is 14.2 Å². The van der Waals surface area contributed by atoms with Gasteiger partial charge in [0.15, 0.2) is 0 Å². The Hall–Kier alpha value is -2.40. The van der Waals surface area contributed by atoms with Crippen molar-refractivity contribution in [2.45, 2.75) is 16.7 Å². The van der Waals surface area contributed by atoms with Gasteiger partial charge < -0.3 is 14.2 Å². The molecule has 24 heavy (non-hydrogen) atoms. The van der Waals surface area contributed by atoms with Gasteiger partial charge in [-0.2, -0.15) is 0 Å². The second-order valence-electron chi connectivity index (χ2n) is 5.01. The van der Waals surface area contributed by atoms with E-state index >= 15 is 0 Å². The van der Waals surface area contributed by atoms with E-state index in [-0.39, 0.29) is 6.61 Å². The summed E-state index contributed by atoms with van der Waals surface area (Å²) in [6, 6.07) is 15.7. The summed E-state index contributed by atoms with van der Waals surface area (Å²) in [6.45, 7) is 5.65. The van der Waals surface area contributed by atoms with Gasteiger partial charge in [-0.3, -0.25) is 0 Å². The molecule has 0 saturated heterocycles. The number of esters is 1. The Morgan fingerprint density at radius 3 is 2.00 bits per heavy atom. The van der Waals surface area contributed by atoms with E-state index in [1.807, 2.05) is 48.5 Å². The quantitative estimate of drug-likeness (QED) is 0.405. The van der Waals surface area contributed by atoms with Crippen LogP contribution in [0.25, 0.3) is 0 Å². The minimum Gasteiger partial charge on any atom is -0.497 e. The number of hydrogen-bond acceptors (Lipinski definition) is 5. The fourth-order valence-corrected chi connectivity index (χ4v) is 2.62. The first-order valence-electron chi connectivity index (χ1n) is 7.46. The summed E-state index contributed by atoms with van der Waals surface area (Å²) >= 11 is 1.66. The van der Waals surface area contributed by atoms with Crippen molar-refractivity contribution in [1.29, 1.82) is 0 Å². The molecule has 0 unspecified atom stereocenters. The number of benzene rings is 2. The maximum absolute atomic E-state index is 11.2. The molecule has 0 atom stereocenters. The van der Waals surface area contributed by atoms with Crippen molar-refractivity contribution >= 4 is 17.7 Å². The predicted octanol–water partition coefficient (Wildman–Crippen LogP) is 4.34. The predicted molar refractivity (Wildman–Crippen MR) is 94.8 cm³/mol. The highest BCUT2D eigenvalue weighted by atomic mass is 32.2. The molecule has 0 heterocycles. The van der Waals surface area contributed by atoms with E-state index < -0.39 is 5.97 Å². The monoisotopic (exact) mass is 344 g/mol. The Bertz CT molecular complexity index is 678. The molecule has 0 aliphatic heterocycles. The number of ether oxygens (including phenoxy) is 3. The van der Waals surface area contributed by atoms with Crippen LogP contribution in [0.3, 0.4) is 0 Å². The Morgan fingerprint density at radius 1 is 0.958 bits per heavy atom. The van der Waals surface area contributed by atoms with Crippen LogP contribution in [0.15, 0.2) is 70.5 Å². The lowest BCUT2D eigenvalue weighted by molar-refractivity contribution is -0.139. The van der Waals surface area contributed by atoms with Crippen molar-refractivity contribution < 1.29 is 19.0 Å². The Balaban J connectivity index is 1.79. The Labute approximate surface area is 146 Å². The molecule has 0 fully saturated rings. The molecule has 0 radical (unpaired) electrons. The van der Waals surface area contributed by atoms with Gasteiger partial charge in [-0.25, -0.2) is 4.79 Å². The smallest absolute Gasteiger partial charge is 0.333 e. The normalized spacial score (nSPS) is 10.1. The zero-order chi connectivity index (χ0) is 17.4. The van der Waals surface area contributed by atoms with Crippen molar-refractivity contribution in [2.75, 3.05) is 20.3 Å². The lowest BCUT2D eigenvalue weighted by Crippen LogP contribution is -2.12. The molecule has 0 aliphatic carbocycles. The molecule has 2 rings (SSSR count). The molecule has 4 nitrogen and oxygen atoms in total. The van der Waals surface area contributed by atoms with Gasteiger partial charge in [-0.05, 0) is 55.5 Å². The fraction of sp³-hybridized carbons (Fsp3) is 0.211.